The minimum absolute atomic E-state index is 0.0726. The number of hydrogen-bond donors (Lipinski definition) is 0. The molecule has 0 radical (unpaired) electrons. The van der Waals surface area contributed by atoms with Crippen molar-refractivity contribution in [2.24, 2.45) is 10.2 Å². The van der Waals surface area contributed by atoms with Gasteiger partial charge in [0.05, 0.1) is 18.0 Å². The molecule has 0 spiro atoms. The summed E-state index contributed by atoms with van der Waals surface area (Å²) in [4.78, 5) is 14.5. The molecule has 5 heteroatoms. The van der Waals surface area contributed by atoms with Crippen LogP contribution in [0.3, 0.4) is 0 Å². The van der Waals surface area contributed by atoms with Gasteiger partial charge in [0.1, 0.15) is 0 Å². The number of hydrogen-bond acceptors (Lipinski definition) is 4. The molecule has 1 amide bonds. The Morgan fingerprint density at radius 1 is 1.07 bits per heavy atom. The lowest BCUT2D eigenvalue weighted by molar-refractivity contribution is -0.126. The lowest BCUT2D eigenvalue weighted by atomic mass is 10.0. The molecule has 4 rings (SSSR count). The fourth-order valence-electron chi connectivity index (χ4n) is 3.52. The molecule has 3 aromatic carbocycles. The molecule has 0 N–H and O–H groups in total. The minimum Gasteiger partial charge on any atom is -0.284 e. The summed E-state index contributed by atoms with van der Waals surface area (Å²) < 4.78 is 0. The zero-order valence-electron chi connectivity index (χ0n) is 16.8. The fourth-order valence-corrected chi connectivity index (χ4v) is 4.44. The molecule has 0 aliphatic carbocycles. The molecule has 0 aromatic heterocycles. The molecule has 1 fully saturated rings. The smallest absolute Gasteiger partial charge is 0.242 e. The van der Waals surface area contributed by atoms with Crippen LogP contribution in [0.1, 0.15) is 29.2 Å². The molecular weight excluding hydrogens is 378 g/mol. The second-order valence-electron chi connectivity index (χ2n) is 7.31. The molecule has 1 saturated heterocycles. The van der Waals surface area contributed by atoms with Crippen molar-refractivity contribution < 1.29 is 4.79 Å². The lowest BCUT2D eigenvalue weighted by Gasteiger charge is -2.17. The highest BCUT2D eigenvalue weighted by molar-refractivity contribution is 8.15. The largest absolute Gasteiger partial charge is 0.284 e. The highest BCUT2D eigenvalue weighted by Gasteiger charge is 2.35. The summed E-state index contributed by atoms with van der Waals surface area (Å²) in [6, 6.07) is 20.6. The van der Waals surface area contributed by atoms with Gasteiger partial charge in [0.25, 0.3) is 0 Å². The van der Waals surface area contributed by atoms with E-state index in [-0.39, 0.29) is 11.2 Å². The van der Waals surface area contributed by atoms with Crippen LogP contribution in [0.15, 0.2) is 70.9 Å². The van der Waals surface area contributed by atoms with Crippen molar-refractivity contribution in [1.82, 2.24) is 4.90 Å². The molecular formula is C24H23N3OS. The molecule has 0 bridgehead atoms. The zero-order chi connectivity index (χ0) is 20.4. The quantitative estimate of drug-likeness (QED) is 0.439. The van der Waals surface area contributed by atoms with E-state index in [1.54, 1.807) is 11.1 Å². The highest BCUT2D eigenvalue weighted by atomic mass is 32.2. The Bertz CT molecular complexity index is 1130. The van der Waals surface area contributed by atoms with E-state index in [1.807, 2.05) is 31.2 Å². The number of fused-ring (bicyclic) bond motifs is 1. The fraction of sp³-hybridized carbons (Fsp3) is 0.208. The van der Waals surface area contributed by atoms with Crippen LogP contribution in [-0.2, 0) is 11.3 Å². The molecule has 4 nitrogen and oxygen atoms in total. The summed E-state index contributed by atoms with van der Waals surface area (Å²) >= 11 is 1.46. The van der Waals surface area contributed by atoms with Gasteiger partial charge in [-0.25, -0.2) is 0 Å². The maximum atomic E-state index is 12.8. The molecule has 0 saturated carbocycles. The highest BCUT2D eigenvalue weighted by Crippen LogP contribution is 2.30. The number of amides is 1. The van der Waals surface area contributed by atoms with Crippen molar-refractivity contribution in [3.05, 3.63) is 82.9 Å². The summed E-state index contributed by atoms with van der Waals surface area (Å²) in [6.45, 7) is 6.54. The Kier molecular flexibility index (Phi) is 5.49. The van der Waals surface area contributed by atoms with Gasteiger partial charge in [-0.05, 0) is 48.2 Å². The van der Waals surface area contributed by atoms with Crippen LogP contribution in [0.5, 0.6) is 0 Å². The van der Waals surface area contributed by atoms with E-state index in [9.17, 15) is 4.79 Å². The van der Waals surface area contributed by atoms with Gasteiger partial charge in [0.2, 0.25) is 5.91 Å². The molecule has 1 heterocycles. The van der Waals surface area contributed by atoms with Crippen molar-refractivity contribution in [2.75, 3.05) is 0 Å². The average molecular weight is 402 g/mol. The molecule has 3 aromatic rings. The van der Waals surface area contributed by atoms with Crippen molar-refractivity contribution in [3.8, 4) is 0 Å². The monoisotopic (exact) mass is 401 g/mol. The summed E-state index contributed by atoms with van der Waals surface area (Å²) in [7, 11) is 0. The molecule has 1 unspecified atom stereocenters. The van der Waals surface area contributed by atoms with Gasteiger partial charge in [-0.1, -0.05) is 78.0 Å². The Morgan fingerprint density at radius 3 is 2.69 bits per heavy atom. The number of carbonyl (C=O) groups is 1. The normalized spacial score (nSPS) is 18.4. The van der Waals surface area contributed by atoms with Crippen LogP contribution in [0, 0.1) is 13.8 Å². The first-order chi connectivity index (χ1) is 14.0. The van der Waals surface area contributed by atoms with Crippen molar-refractivity contribution in [2.45, 2.75) is 32.6 Å². The first-order valence-corrected chi connectivity index (χ1v) is 10.5. The molecule has 29 heavy (non-hydrogen) atoms. The van der Waals surface area contributed by atoms with Crippen LogP contribution in [0.25, 0.3) is 10.8 Å². The first-order valence-electron chi connectivity index (χ1n) is 9.66. The standard InChI is InChI=1S/C24H23N3OS/c1-16-11-12-20(17(2)13-16)14-25-26-24-27(23(28)18(3)29-24)15-21-9-6-8-19-7-4-5-10-22(19)21/h4-14,18H,15H2,1-3H3/b25-14+,26-24+. The maximum Gasteiger partial charge on any atom is 0.242 e. The molecule has 1 aliphatic heterocycles. The van der Waals surface area contributed by atoms with Crippen LogP contribution in [0.2, 0.25) is 0 Å². The zero-order valence-corrected chi connectivity index (χ0v) is 17.6. The van der Waals surface area contributed by atoms with Gasteiger partial charge in [-0.2, -0.15) is 5.10 Å². The Balaban J connectivity index is 1.61. The van der Waals surface area contributed by atoms with Gasteiger partial charge in [0, 0.05) is 0 Å². The van der Waals surface area contributed by atoms with Crippen LogP contribution >= 0.6 is 11.8 Å². The van der Waals surface area contributed by atoms with E-state index in [1.165, 1.54) is 22.7 Å². The summed E-state index contributed by atoms with van der Waals surface area (Å²) in [6.07, 6.45) is 1.76. The van der Waals surface area contributed by atoms with Crippen molar-refractivity contribution in [1.29, 1.82) is 0 Å². The molecule has 1 atom stereocenters. The Morgan fingerprint density at radius 2 is 1.86 bits per heavy atom. The van der Waals surface area contributed by atoms with Gasteiger partial charge < -0.3 is 0 Å². The number of carbonyl (C=O) groups excluding carboxylic acids is 1. The van der Waals surface area contributed by atoms with E-state index in [4.69, 9.17) is 0 Å². The van der Waals surface area contributed by atoms with E-state index < -0.39 is 0 Å². The van der Waals surface area contributed by atoms with E-state index in [0.717, 1.165) is 22.1 Å². The molecule has 146 valence electrons. The van der Waals surface area contributed by atoms with E-state index >= 15 is 0 Å². The third-order valence-electron chi connectivity index (χ3n) is 5.10. The second-order valence-corrected chi connectivity index (χ2v) is 8.62. The number of benzene rings is 3. The van der Waals surface area contributed by atoms with Crippen LogP contribution < -0.4 is 0 Å². The number of nitrogens with zero attached hydrogens (tertiary/aromatic N) is 3. The topological polar surface area (TPSA) is 45.0 Å². The van der Waals surface area contributed by atoms with Gasteiger partial charge >= 0.3 is 0 Å². The lowest BCUT2D eigenvalue weighted by Crippen LogP contribution is -2.30. The summed E-state index contributed by atoms with van der Waals surface area (Å²) in [5, 5.41) is 11.5. The minimum atomic E-state index is -0.153. The Labute approximate surface area is 175 Å². The van der Waals surface area contributed by atoms with Crippen molar-refractivity contribution >= 4 is 39.8 Å². The maximum absolute atomic E-state index is 12.8. The number of aryl methyl sites for hydroxylation is 2. The summed E-state index contributed by atoms with van der Waals surface area (Å²) in [5.74, 6) is 0.0726. The number of amidine groups is 1. The number of thioether (sulfide) groups is 1. The Hall–Kier alpha value is -2.92. The van der Waals surface area contributed by atoms with Crippen molar-refractivity contribution in [3.63, 3.8) is 0 Å². The molecule has 1 aliphatic rings. The first kappa shape index (κ1) is 19.4. The van der Waals surface area contributed by atoms with E-state index in [0.29, 0.717) is 11.7 Å². The second kappa shape index (κ2) is 8.21. The SMILES string of the molecule is Cc1ccc(/C=N/N=C2/SC(C)C(=O)N2Cc2cccc3ccccc23)c(C)c1. The van der Waals surface area contributed by atoms with Gasteiger partial charge in [-0.15, -0.1) is 5.10 Å². The summed E-state index contributed by atoms with van der Waals surface area (Å²) in [5.41, 5.74) is 4.52. The third kappa shape index (κ3) is 4.10. The predicted molar refractivity (Wildman–Crippen MR) is 122 cm³/mol. The van der Waals surface area contributed by atoms with Crippen LogP contribution in [0.4, 0.5) is 0 Å². The predicted octanol–water partition coefficient (Wildman–Crippen LogP) is 5.31. The average Bonchev–Trinajstić information content (AvgIpc) is 2.97. The van der Waals surface area contributed by atoms with E-state index in [2.05, 4.69) is 60.4 Å². The van der Waals surface area contributed by atoms with Crippen LogP contribution in [-0.4, -0.2) is 27.4 Å². The number of rotatable bonds is 4. The van der Waals surface area contributed by atoms with Gasteiger partial charge in [-0.3, -0.25) is 9.69 Å². The van der Waals surface area contributed by atoms with Gasteiger partial charge in [0.15, 0.2) is 5.17 Å². The third-order valence-corrected chi connectivity index (χ3v) is 6.17.